The maximum absolute atomic E-state index is 6.32. The standard InChI is InChI=1S/C24H41BO2/c1-7-9-11-13-15-20-17-21(16-14-12-10-8-2)19-22(18-20)25-26-23(3,4)24(5,6)27-25/h17-19H,7-16H2,1-6H3. The Morgan fingerprint density at radius 1 is 0.667 bits per heavy atom. The van der Waals surface area contributed by atoms with E-state index in [1.54, 1.807) is 0 Å². The molecule has 1 fully saturated rings. The van der Waals surface area contributed by atoms with E-state index in [2.05, 4.69) is 59.7 Å². The summed E-state index contributed by atoms with van der Waals surface area (Å²) in [5.41, 5.74) is 3.53. The van der Waals surface area contributed by atoms with Crippen LogP contribution in [-0.4, -0.2) is 18.3 Å². The van der Waals surface area contributed by atoms with E-state index in [-0.39, 0.29) is 18.3 Å². The molecule has 1 heterocycles. The second-order valence-corrected chi connectivity index (χ2v) is 9.29. The van der Waals surface area contributed by atoms with Crippen LogP contribution in [0.1, 0.15) is 104 Å². The summed E-state index contributed by atoms with van der Waals surface area (Å²) >= 11 is 0. The predicted molar refractivity (Wildman–Crippen MR) is 118 cm³/mol. The van der Waals surface area contributed by atoms with Gasteiger partial charge >= 0.3 is 7.12 Å². The Labute approximate surface area is 168 Å². The molecule has 0 atom stereocenters. The van der Waals surface area contributed by atoms with Crippen molar-refractivity contribution in [3.05, 3.63) is 29.3 Å². The van der Waals surface area contributed by atoms with E-state index in [9.17, 15) is 0 Å². The van der Waals surface area contributed by atoms with Crippen molar-refractivity contribution in [1.82, 2.24) is 0 Å². The van der Waals surface area contributed by atoms with Crippen LogP contribution in [0.25, 0.3) is 0 Å². The van der Waals surface area contributed by atoms with Crippen LogP contribution in [0.2, 0.25) is 0 Å². The predicted octanol–water partition coefficient (Wildman–Crippen LogP) is 6.23. The van der Waals surface area contributed by atoms with Gasteiger partial charge in [-0.05, 0) is 70.0 Å². The smallest absolute Gasteiger partial charge is 0.399 e. The number of rotatable bonds is 11. The van der Waals surface area contributed by atoms with Gasteiger partial charge in [0, 0.05) is 0 Å². The molecule has 2 rings (SSSR count). The zero-order chi connectivity index (χ0) is 19.9. The minimum absolute atomic E-state index is 0.250. The van der Waals surface area contributed by atoms with Crippen LogP contribution in [-0.2, 0) is 22.2 Å². The Bertz CT molecular complexity index is 533. The van der Waals surface area contributed by atoms with E-state index in [0.717, 1.165) is 12.8 Å². The number of benzene rings is 1. The summed E-state index contributed by atoms with van der Waals surface area (Å²) in [6, 6.07) is 7.07. The van der Waals surface area contributed by atoms with Gasteiger partial charge in [-0.25, -0.2) is 0 Å². The van der Waals surface area contributed by atoms with Crippen molar-refractivity contribution in [2.75, 3.05) is 0 Å². The van der Waals surface area contributed by atoms with Crippen molar-refractivity contribution in [3.63, 3.8) is 0 Å². The van der Waals surface area contributed by atoms with Crippen molar-refractivity contribution >= 4 is 12.6 Å². The third-order valence-electron chi connectivity index (χ3n) is 6.24. The maximum Gasteiger partial charge on any atom is 0.494 e. The fraction of sp³-hybridized carbons (Fsp3) is 0.750. The molecule has 0 aliphatic carbocycles. The molecule has 0 bridgehead atoms. The second kappa shape index (κ2) is 10.1. The lowest BCUT2D eigenvalue weighted by Gasteiger charge is -2.32. The quantitative estimate of drug-likeness (QED) is 0.338. The first-order chi connectivity index (χ1) is 12.8. The Balaban J connectivity index is 2.14. The molecule has 0 saturated carbocycles. The van der Waals surface area contributed by atoms with Crippen LogP contribution in [0.3, 0.4) is 0 Å². The first kappa shape index (κ1) is 22.5. The van der Waals surface area contributed by atoms with Crippen LogP contribution in [0.15, 0.2) is 18.2 Å². The third kappa shape index (κ3) is 6.36. The van der Waals surface area contributed by atoms with Gasteiger partial charge in [-0.2, -0.15) is 0 Å². The fourth-order valence-electron chi connectivity index (χ4n) is 3.71. The van der Waals surface area contributed by atoms with Gasteiger partial charge in [0.15, 0.2) is 0 Å². The lowest BCUT2D eigenvalue weighted by atomic mass is 9.76. The van der Waals surface area contributed by atoms with E-state index >= 15 is 0 Å². The van der Waals surface area contributed by atoms with E-state index in [1.165, 1.54) is 68.0 Å². The van der Waals surface area contributed by atoms with Gasteiger partial charge in [0.05, 0.1) is 11.2 Å². The summed E-state index contributed by atoms with van der Waals surface area (Å²) in [6.45, 7) is 13.1. The molecule has 3 heteroatoms. The van der Waals surface area contributed by atoms with E-state index in [0.29, 0.717) is 0 Å². The highest BCUT2D eigenvalue weighted by molar-refractivity contribution is 6.62. The average molecular weight is 372 g/mol. The maximum atomic E-state index is 6.32. The average Bonchev–Trinajstić information content (AvgIpc) is 2.83. The van der Waals surface area contributed by atoms with Gasteiger partial charge in [0.1, 0.15) is 0 Å². The van der Waals surface area contributed by atoms with Gasteiger partial charge < -0.3 is 9.31 Å². The molecule has 152 valence electrons. The van der Waals surface area contributed by atoms with Crippen molar-refractivity contribution in [2.45, 2.75) is 117 Å². The van der Waals surface area contributed by atoms with Crippen molar-refractivity contribution in [3.8, 4) is 0 Å². The first-order valence-corrected chi connectivity index (χ1v) is 11.3. The first-order valence-electron chi connectivity index (χ1n) is 11.3. The largest absolute Gasteiger partial charge is 0.494 e. The van der Waals surface area contributed by atoms with E-state index < -0.39 is 0 Å². The molecule has 0 radical (unpaired) electrons. The Hall–Kier alpha value is -0.795. The number of aryl methyl sites for hydroxylation is 2. The molecule has 27 heavy (non-hydrogen) atoms. The highest BCUT2D eigenvalue weighted by atomic mass is 16.7. The SMILES string of the molecule is CCCCCCc1cc(CCCCCC)cc(B2OC(C)(C)C(C)(C)O2)c1. The van der Waals surface area contributed by atoms with Crippen LogP contribution in [0.4, 0.5) is 0 Å². The van der Waals surface area contributed by atoms with Gasteiger partial charge in [-0.15, -0.1) is 0 Å². The van der Waals surface area contributed by atoms with Crippen molar-refractivity contribution in [2.24, 2.45) is 0 Å². The summed E-state index contributed by atoms with van der Waals surface area (Å²) in [6.07, 6.45) is 12.8. The fourth-order valence-corrected chi connectivity index (χ4v) is 3.71. The summed E-state index contributed by atoms with van der Waals surface area (Å²) < 4.78 is 12.6. The minimum atomic E-state index is -0.282. The highest BCUT2D eigenvalue weighted by Gasteiger charge is 2.51. The third-order valence-corrected chi connectivity index (χ3v) is 6.24. The summed E-state index contributed by atoms with van der Waals surface area (Å²) in [5.74, 6) is 0. The molecular weight excluding hydrogens is 331 g/mol. The molecule has 0 amide bonds. The molecule has 0 spiro atoms. The molecule has 2 nitrogen and oxygen atoms in total. The Morgan fingerprint density at radius 3 is 1.52 bits per heavy atom. The molecule has 0 unspecified atom stereocenters. The molecule has 1 aromatic rings. The van der Waals surface area contributed by atoms with E-state index in [4.69, 9.17) is 9.31 Å². The summed E-state index contributed by atoms with van der Waals surface area (Å²) in [4.78, 5) is 0. The molecule has 1 aliphatic rings. The number of unbranched alkanes of at least 4 members (excludes halogenated alkanes) is 6. The highest BCUT2D eigenvalue weighted by Crippen LogP contribution is 2.36. The lowest BCUT2D eigenvalue weighted by molar-refractivity contribution is 0.00578. The molecule has 1 aromatic carbocycles. The van der Waals surface area contributed by atoms with Gasteiger partial charge in [-0.3, -0.25) is 0 Å². The molecule has 0 N–H and O–H groups in total. The normalized spacial score (nSPS) is 18.2. The molecule has 1 saturated heterocycles. The number of hydrogen-bond donors (Lipinski definition) is 0. The zero-order valence-electron chi connectivity index (χ0n) is 18.7. The molecule has 0 aromatic heterocycles. The van der Waals surface area contributed by atoms with Crippen molar-refractivity contribution in [1.29, 1.82) is 0 Å². The zero-order valence-corrected chi connectivity index (χ0v) is 18.7. The summed E-state index contributed by atoms with van der Waals surface area (Å²) in [7, 11) is -0.250. The van der Waals surface area contributed by atoms with Crippen LogP contribution in [0, 0.1) is 0 Å². The van der Waals surface area contributed by atoms with Gasteiger partial charge in [0.25, 0.3) is 0 Å². The van der Waals surface area contributed by atoms with E-state index in [1.807, 2.05) is 0 Å². The lowest BCUT2D eigenvalue weighted by Crippen LogP contribution is -2.41. The van der Waals surface area contributed by atoms with Crippen LogP contribution >= 0.6 is 0 Å². The molecule has 1 aliphatic heterocycles. The van der Waals surface area contributed by atoms with Gasteiger partial charge in [0.2, 0.25) is 0 Å². The Morgan fingerprint density at radius 2 is 1.11 bits per heavy atom. The van der Waals surface area contributed by atoms with Gasteiger partial charge in [-0.1, -0.05) is 70.6 Å². The number of hydrogen-bond acceptors (Lipinski definition) is 2. The summed E-state index contributed by atoms with van der Waals surface area (Å²) in [5, 5.41) is 0. The minimum Gasteiger partial charge on any atom is -0.399 e. The topological polar surface area (TPSA) is 18.5 Å². The monoisotopic (exact) mass is 372 g/mol. The van der Waals surface area contributed by atoms with Crippen LogP contribution in [0.5, 0.6) is 0 Å². The van der Waals surface area contributed by atoms with Crippen molar-refractivity contribution < 1.29 is 9.31 Å². The Kier molecular flexibility index (Phi) is 8.43. The molecular formula is C24H41BO2. The second-order valence-electron chi connectivity index (χ2n) is 9.29. The van der Waals surface area contributed by atoms with Crippen LogP contribution < -0.4 is 5.46 Å².